The number of ether oxygens (including phenoxy) is 1. The van der Waals surface area contributed by atoms with Crippen LogP contribution in [0.1, 0.15) is 26.7 Å². The lowest BCUT2D eigenvalue weighted by atomic mass is 10.1. The zero-order valence-corrected chi connectivity index (χ0v) is 11.7. The molecule has 0 spiro atoms. The Labute approximate surface area is 99.1 Å². The maximum absolute atomic E-state index is 11.4. The number of hydrogen-bond donors (Lipinski definition) is 1. The van der Waals surface area contributed by atoms with Crippen molar-refractivity contribution >= 4 is 7.14 Å². The molecule has 3 nitrogen and oxygen atoms in total. The lowest BCUT2D eigenvalue weighted by Crippen LogP contribution is -1.97. The Morgan fingerprint density at radius 3 is 2.44 bits per heavy atom. The van der Waals surface area contributed by atoms with Crippen molar-refractivity contribution in [2.45, 2.75) is 26.7 Å². The normalized spacial score (nSPS) is 14.1. The number of allylic oxidation sites excluding steroid dienone is 4. The summed E-state index contributed by atoms with van der Waals surface area (Å²) in [5.41, 5.74) is 6.71. The summed E-state index contributed by atoms with van der Waals surface area (Å²) in [6.07, 6.45) is 6.28. The van der Waals surface area contributed by atoms with E-state index in [-0.39, 0.29) is 0 Å². The van der Waals surface area contributed by atoms with Gasteiger partial charge >= 0.3 is 0 Å². The molecule has 0 radical (unpaired) electrons. The minimum Gasteiger partial charge on any atom is -0.491 e. The number of rotatable bonds is 7. The molecule has 0 atom stereocenters. The van der Waals surface area contributed by atoms with Crippen LogP contribution in [-0.4, -0.2) is 26.2 Å². The summed E-state index contributed by atoms with van der Waals surface area (Å²) in [4.78, 5) is 0. The monoisotopic (exact) mass is 245 g/mol. The minimum absolute atomic E-state index is 0.311. The molecule has 0 aliphatic heterocycles. The van der Waals surface area contributed by atoms with Crippen LogP contribution in [0.15, 0.2) is 23.5 Å². The van der Waals surface area contributed by atoms with Crippen molar-refractivity contribution in [1.29, 1.82) is 0 Å². The summed E-state index contributed by atoms with van der Waals surface area (Å²) in [6, 6.07) is 0. The average molecular weight is 245 g/mol. The van der Waals surface area contributed by atoms with Crippen LogP contribution in [0, 0.1) is 0 Å². The second kappa shape index (κ2) is 7.70. The Morgan fingerprint density at radius 1 is 1.31 bits per heavy atom. The van der Waals surface area contributed by atoms with Gasteiger partial charge in [0.25, 0.3) is 0 Å². The molecule has 0 unspecified atom stereocenters. The molecule has 0 aromatic carbocycles. The van der Waals surface area contributed by atoms with Crippen molar-refractivity contribution in [1.82, 2.24) is 0 Å². The molecule has 0 aliphatic rings. The van der Waals surface area contributed by atoms with E-state index in [0.717, 1.165) is 25.1 Å². The summed E-state index contributed by atoms with van der Waals surface area (Å²) in [7, 11) is -2.08. The SMILES string of the molecule is C/C(=C\C=C(/C)OCP(C)(C)=O)CCCN. The van der Waals surface area contributed by atoms with Crippen molar-refractivity contribution in [3.05, 3.63) is 23.5 Å². The van der Waals surface area contributed by atoms with E-state index in [0.29, 0.717) is 6.35 Å². The molecular formula is C12H24NO2P. The Bertz CT molecular complexity index is 302. The largest absolute Gasteiger partial charge is 0.491 e. The molecular weight excluding hydrogens is 221 g/mol. The Balaban J connectivity index is 4.07. The van der Waals surface area contributed by atoms with Crippen molar-refractivity contribution in [2.75, 3.05) is 26.2 Å². The van der Waals surface area contributed by atoms with Crippen LogP contribution in [0.3, 0.4) is 0 Å². The second-order valence-corrected chi connectivity index (χ2v) is 7.94. The summed E-state index contributed by atoms with van der Waals surface area (Å²) in [5, 5.41) is 0. The zero-order chi connectivity index (χ0) is 12.6. The highest BCUT2D eigenvalue weighted by Gasteiger charge is 2.06. The van der Waals surface area contributed by atoms with Gasteiger partial charge in [-0.25, -0.2) is 0 Å². The first-order valence-corrected chi connectivity index (χ1v) is 8.34. The van der Waals surface area contributed by atoms with E-state index in [1.54, 1.807) is 13.3 Å². The van der Waals surface area contributed by atoms with E-state index < -0.39 is 7.14 Å². The number of hydrogen-bond acceptors (Lipinski definition) is 3. The van der Waals surface area contributed by atoms with E-state index in [4.69, 9.17) is 10.5 Å². The third-order valence-electron chi connectivity index (χ3n) is 1.98. The summed E-state index contributed by atoms with van der Waals surface area (Å²) in [6.45, 7) is 8.12. The summed E-state index contributed by atoms with van der Waals surface area (Å²) < 4.78 is 16.8. The maximum atomic E-state index is 11.4. The minimum atomic E-state index is -2.08. The third kappa shape index (κ3) is 10.0. The molecule has 0 rings (SSSR count). The van der Waals surface area contributed by atoms with Gasteiger partial charge in [-0.2, -0.15) is 0 Å². The van der Waals surface area contributed by atoms with E-state index in [9.17, 15) is 4.57 Å². The third-order valence-corrected chi connectivity index (χ3v) is 2.73. The van der Waals surface area contributed by atoms with Crippen LogP contribution in [0.25, 0.3) is 0 Å². The van der Waals surface area contributed by atoms with E-state index in [1.807, 2.05) is 19.1 Å². The van der Waals surface area contributed by atoms with Crippen LogP contribution < -0.4 is 5.73 Å². The van der Waals surface area contributed by atoms with E-state index in [1.165, 1.54) is 5.57 Å². The molecule has 0 aromatic rings. The highest BCUT2D eigenvalue weighted by Crippen LogP contribution is 2.36. The van der Waals surface area contributed by atoms with Gasteiger partial charge in [-0.05, 0) is 52.6 Å². The molecule has 0 saturated heterocycles. The Kier molecular flexibility index (Phi) is 7.44. The van der Waals surface area contributed by atoms with Crippen molar-refractivity contribution in [3.63, 3.8) is 0 Å². The van der Waals surface area contributed by atoms with E-state index in [2.05, 4.69) is 6.92 Å². The van der Waals surface area contributed by atoms with Gasteiger partial charge in [0.05, 0.1) is 5.76 Å². The molecule has 0 aromatic heterocycles. The summed E-state index contributed by atoms with van der Waals surface area (Å²) in [5.74, 6) is 0.802. The lowest BCUT2D eigenvalue weighted by Gasteiger charge is -2.09. The van der Waals surface area contributed by atoms with Crippen LogP contribution in [0.2, 0.25) is 0 Å². The Morgan fingerprint density at radius 2 is 1.94 bits per heavy atom. The molecule has 2 N–H and O–H groups in total. The van der Waals surface area contributed by atoms with Gasteiger partial charge in [-0.15, -0.1) is 0 Å². The smallest absolute Gasteiger partial charge is 0.140 e. The molecule has 4 heteroatoms. The molecule has 0 saturated carbocycles. The molecule has 94 valence electrons. The first kappa shape index (κ1) is 15.5. The van der Waals surface area contributed by atoms with Gasteiger partial charge in [0.2, 0.25) is 0 Å². The molecule has 0 amide bonds. The maximum Gasteiger partial charge on any atom is 0.140 e. The van der Waals surface area contributed by atoms with Crippen LogP contribution in [-0.2, 0) is 9.30 Å². The first-order valence-electron chi connectivity index (χ1n) is 5.56. The Hall–Kier alpha value is -0.530. The van der Waals surface area contributed by atoms with Gasteiger partial charge < -0.3 is 15.0 Å². The summed E-state index contributed by atoms with van der Waals surface area (Å²) >= 11 is 0. The molecule has 0 heterocycles. The quantitative estimate of drug-likeness (QED) is 0.426. The standard InChI is InChI=1S/C12H24NO2P/c1-11(6-5-9-13)7-8-12(2)15-10-16(3,4)14/h7-8H,5-6,9-10,13H2,1-4H3/b11-7+,12-8+. The predicted octanol–water partition coefficient (Wildman–Crippen LogP) is 3.17. The van der Waals surface area contributed by atoms with E-state index >= 15 is 0 Å². The zero-order valence-electron chi connectivity index (χ0n) is 10.8. The van der Waals surface area contributed by atoms with Gasteiger partial charge in [0.1, 0.15) is 13.5 Å². The topological polar surface area (TPSA) is 52.3 Å². The number of nitrogens with two attached hydrogens (primary N) is 1. The second-order valence-electron chi connectivity index (χ2n) is 4.53. The first-order chi connectivity index (χ1) is 7.35. The van der Waals surface area contributed by atoms with Crippen molar-refractivity contribution in [2.24, 2.45) is 5.73 Å². The van der Waals surface area contributed by atoms with Crippen LogP contribution >= 0.6 is 7.14 Å². The fraction of sp³-hybridized carbons (Fsp3) is 0.667. The highest BCUT2D eigenvalue weighted by molar-refractivity contribution is 7.62. The fourth-order valence-electron chi connectivity index (χ4n) is 1.03. The van der Waals surface area contributed by atoms with Crippen molar-refractivity contribution < 1.29 is 9.30 Å². The predicted molar refractivity (Wildman–Crippen MR) is 71.2 cm³/mol. The molecule has 16 heavy (non-hydrogen) atoms. The average Bonchev–Trinajstić information content (AvgIpc) is 2.19. The van der Waals surface area contributed by atoms with Gasteiger partial charge in [0.15, 0.2) is 0 Å². The van der Waals surface area contributed by atoms with Crippen LogP contribution in [0.5, 0.6) is 0 Å². The van der Waals surface area contributed by atoms with Crippen molar-refractivity contribution in [3.8, 4) is 0 Å². The van der Waals surface area contributed by atoms with Gasteiger partial charge in [-0.1, -0.05) is 11.6 Å². The molecule has 0 bridgehead atoms. The fourth-order valence-corrected chi connectivity index (χ4v) is 1.54. The van der Waals surface area contributed by atoms with Gasteiger partial charge in [0, 0.05) is 0 Å². The lowest BCUT2D eigenvalue weighted by molar-refractivity contribution is 0.265. The highest BCUT2D eigenvalue weighted by atomic mass is 31.2. The van der Waals surface area contributed by atoms with Gasteiger partial charge in [-0.3, -0.25) is 0 Å². The molecule has 0 aliphatic carbocycles. The molecule has 0 fully saturated rings. The van der Waals surface area contributed by atoms with Crippen LogP contribution in [0.4, 0.5) is 0 Å².